The van der Waals surface area contributed by atoms with Gasteiger partial charge in [0.2, 0.25) is 8.73 Å². The number of rotatable bonds is 3. The Bertz CT molecular complexity index is 237. The van der Waals surface area contributed by atoms with Crippen LogP contribution in [0.3, 0.4) is 0 Å². The van der Waals surface area contributed by atoms with Crippen LogP contribution in [0.2, 0.25) is 0 Å². The van der Waals surface area contributed by atoms with E-state index in [1.165, 1.54) is 0 Å². The topological polar surface area (TPSA) is 43.1 Å². The van der Waals surface area contributed by atoms with Crippen LogP contribution < -0.4 is 0 Å². The lowest BCUT2D eigenvalue weighted by atomic mass is 10.2. The molecule has 4 heteroatoms. The highest BCUT2D eigenvalue weighted by atomic mass is 31.1. The van der Waals surface area contributed by atoms with E-state index in [-0.39, 0.29) is 13.4 Å². The standard InChI is InChI=1S/C7H8NO2P/c9-8(10)11-6-7-4-2-1-3-5-7/h1-5,11H,6H2. The summed E-state index contributed by atoms with van der Waals surface area (Å²) in [7, 11) is -0.212. The molecular formula is C7H8NO2P. The smallest absolute Gasteiger partial charge is 0.240 e. The van der Waals surface area contributed by atoms with Gasteiger partial charge >= 0.3 is 0 Å². The minimum Gasteiger partial charge on any atom is -0.264 e. The zero-order valence-electron chi connectivity index (χ0n) is 5.86. The monoisotopic (exact) mass is 169 g/mol. The molecule has 0 fully saturated rings. The normalized spacial score (nSPS) is 10.5. The Morgan fingerprint density at radius 2 is 2.00 bits per heavy atom. The maximum Gasteiger partial charge on any atom is 0.240 e. The number of nitro groups is 1. The molecule has 1 rings (SSSR count). The SMILES string of the molecule is O=[N+]([O-])PCc1ccccc1. The van der Waals surface area contributed by atoms with Crippen LogP contribution in [0.4, 0.5) is 0 Å². The molecule has 0 aliphatic carbocycles. The van der Waals surface area contributed by atoms with Gasteiger partial charge in [0.1, 0.15) is 0 Å². The van der Waals surface area contributed by atoms with Crippen LogP contribution in [0.5, 0.6) is 0 Å². The Morgan fingerprint density at radius 1 is 1.36 bits per heavy atom. The second-order valence-corrected chi connectivity index (χ2v) is 3.11. The molecule has 1 aromatic carbocycles. The van der Waals surface area contributed by atoms with E-state index in [0.717, 1.165) is 5.56 Å². The van der Waals surface area contributed by atoms with Crippen molar-refractivity contribution in [2.75, 3.05) is 0 Å². The zero-order valence-corrected chi connectivity index (χ0v) is 6.86. The number of hydrogen-bond acceptors (Lipinski definition) is 2. The van der Waals surface area contributed by atoms with Crippen molar-refractivity contribution in [1.82, 2.24) is 0 Å². The highest BCUT2D eigenvalue weighted by Gasteiger charge is 1.98. The lowest BCUT2D eigenvalue weighted by molar-refractivity contribution is -0.296. The molecular weight excluding hydrogens is 161 g/mol. The second kappa shape index (κ2) is 4.04. The fraction of sp³-hybridized carbons (Fsp3) is 0.143. The van der Waals surface area contributed by atoms with Gasteiger partial charge in [-0.05, 0) is 5.56 Å². The predicted octanol–water partition coefficient (Wildman–Crippen LogP) is 2.06. The molecule has 0 bridgehead atoms. The number of hydrogen-bond donors (Lipinski definition) is 0. The van der Waals surface area contributed by atoms with Crippen LogP contribution >= 0.6 is 8.73 Å². The lowest BCUT2D eigenvalue weighted by Gasteiger charge is -1.93. The van der Waals surface area contributed by atoms with Gasteiger partial charge in [-0.15, -0.1) is 0 Å². The number of benzene rings is 1. The molecule has 0 aliphatic heterocycles. The van der Waals surface area contributed by atoms with Crippen molar-refractivity contribution in [3.05, 3.63) is 46.0 Å². The third kappa shape index (κ3) is 3.10. The molecule has 0 radical (unpaired) electrons. The molecule has 0 aromatic heterocycles. The first-order valence-corrected chi connectivity index (χ1v) is 4.36. The highest BCUT2D eigenvalue weighted by molar-refractivity contribution is 7.29. The summed E-state index contributed by atoms with van der Waals surface area (Å²) in [5.74, 6) is 0. The molecule has 58 valence electrons. The molecule has 0 saturated carbocycles. The van der Waals surface area contributed by atoms with Gasteiger partial charge in [0, 0.05) is 4.69 Å². The van der Waals surface area contributed by atoms with Crippen LogP contribution in [-0.2, 0) is 6.16 Å². The van der Waals surface area contributed by atoms with E-state index in [4.69, 9.17) is 0 Å². The van der Waals surface area contributed by atoms with Gasteiger partial charge in [-0.3, -0.25) is 10.1 Å². The van der Waals surface area contributed by atoms with E-state index >= 15 is 0 Å². The van der Waals surface area contributed by atoms with Crippen LogP contribution in [-0.4, -0.2) is 4.69 Å². The van der Waals surface area contributed by atoms with Crippen molar-refractivity contribution < 1.29 is 4.69 Å². The Balaban J connectivity index is 2.45. The summed E-state index contributed by atoms with van der Waals surface area (Å²) in [5.41, 5.74) is 1.03. The largest absolute Gasteiger partial charge is 0.264 e. The minimum atomic E-state index is -0.271. The molecule has 0 aliphatic rings. The Kier molecular flexibility index (Phi) is 2.99. The van der Waals surface area contributed by atoms with Crippen molar-refractivity contribution >= 4 is 8.73 Å². The maximum atomic E-state index is 9.99. The van der Waals surface area contributed by atoms with E-state index in [1.807, 2.05) is 30.3 Å². The zero-order chi connectivity index (χ0) is 8.10. The van der Waals surface area contributed by atoms with E-state index in [0.29, 0.717) is 6.16 Å². The summed E-state index contributed by atoms with van der Waals surface area (Å²) in [6, 6.07) is 9.48. The summed E-state index contributed by atoms with van der Waals surface area (Å²) in [6.07, 6.45) is 0.549. The molecule has 11 heavy (non-hydrogen) atoms. The third-order valence-corrected chi connectivity index (χ3v) is 2.08. The van der Waals surface area contributed by atoms with Crippen molar-refractivity contribution in [2.24, 2.45) is 0 Å². The fourth-order valence-corrected chi connectivity index (χ4v) is 1.30. The Labute approximate surface area is 66.4 Å². The molecule has 0 spiro atoms. The molecule has 1 aromatic rings. The molecule has 1 atom stereocenters. The molecule has 1 unspecified atom stereocenters. The highest BCUT2D eigenvalue weighted by Crippen LogP contribution is 2.17. The Hall–Kier alpha value is -0.950. The van der Waals surface area contributed by atoms with E-state index in [2.05, 4.69) is 0 Å². The van der Waals surface area contributed by atoms with Crippen molar-refractivity contribution in [2.45, 2.75) is 6.16 Å². The van der Waals surface area contributed by atoms with Gasteiger partial charge < -0.3 is 0 Å². The first-order valence-electron chi connectivity index (χ1n) is 3.21. The molecule has 0 saturated heterocycles. The first kappa shape index (κ1) is 8.15. The Morgan fingerprint density at radius 3 is 2.55 bits per heavy atom. The van der Waals surface area contributed by atoms with Crippen molar-refractivity contribution in [3.63, 3.8) is 0 Å². The van der Waals surface area contributed by atoms with Gasteiger partial charge in [0.25, 0.3) is 0 Å². The van der Waals surface area contributed by atoms with Gasteiger partial charge in [0.15, 0.2) is 0 Å². The predicted molar refractivity (Wildman–Crippen MR) is 45.5 cm³/mol. The van der Waals surface area contributed by atoms with Crippen LogP contribution in [0.1, 0.15) is 5.56 Å². The summed E-state index contributed by atoms with van der Waals surface area (Å²) in [6.45, 7) is 0. The molecule has 0 amide bonds. The average Bonchev–Trinajstić information content (AvgIpc) is 2.03. The minimum absolute atomic E-state index is 0.212. The van der Waals surface area contributed by atoms with Crippen molar-refractivity contribution in [3.8, 4) is 0 Å². The van der Waals surface area contributed by atoms with Gasteiger partial charge in [-0.2, -0.15) is 0 Å². The van der Waals surface area contributed by atoms with Gasteiger partial charge in [0.05, 0.1) is 6.16 Å². The quantitative estimate of drug-likeness (QED) is 0.395. The molecule has 0 heterocycles. The number of nitrogens with zero attached hydrogens (tertiary/aromatic N) is 1. The summed E-state index contributed by atoms with van der Waals surface area (Å²) >= 11 is 0. The average molecular weight is 169 g/mol. The van der Waals surface area contributed by atoms with E-state index < -0.39 is 0 Å². The fourth-order valence-electron chi connectivity index (χ4n) is 0.752. The van der Waals surface area contributed by atoms with Crippen LogP contribution in [0.15, 0.2) is 30.3 Å². The van der Waals surface area contributed by atoms with E-state index in [9.17, 15) is 10.1 Å². The second-order valence-electron chi connectivity index (χ2n) is 2.08. The molecule has 0 N–H and O–H groups in total. The van der Waals surface area contributed by atoms with Crippen LogP contribution in [0.25, 0.3) is 0 Å². The van der Waals surface area contributed by atoms with Crippen molar-refractivity contribution in [1.29, 1.82) is 0 Å². The summed E-state index contributed by atoms with van der Waals surface area (Å²) in [5, 5.41) is 9.99. The maximum absolute atomic E-state index is 9.99. The summed E-state index contributed by atoms with van der Waals surface area (Å²) in [4.78, 5) is 9.99. The summed E-state index contributed by atoms with van der Waals surface area (Å²) < 4.78 is -0.271. The third-order valence-electron chi connectivity index (χ3n) is 1.26. The van der Waals surface area contributed by atoms with Gasteiger partial charge in [-0.1, -0.05) is 30.3 Å². The molecule has 3 nitrogen and oxygen atoms in total. The van der Waals surface area contributed by atoms with E-state index in [1.54, 1.807) is 0 Å². The van der Waals surface area contributed by atoms with Crippen LogP contribution in [0, 0.1) is 10.1 Å². The first-order chi connectivity index (χ1) is 5.29. The lowest BCUT2D eigenvalue weighted by Crippen LogP contribution is -1.82. The van der Waals surface area contributed by atoms with Gasteiger partial charge in [-0.25, -0.2) is 0 Å².